The third-order valence-electron chi connectivity index (χ3n) is 2.84. The van der Waals surface area contributed by atoms with Crippen LogP contribution < -0.4 is 11.1 Å². The first-order chi connectivity index (χ1) is 8.16. The van der Waals surface area contributed by atoms with Gasteiger partial charge in [-0.3, -0.25) is 0 Å². The number of ether oxygens (including phenoxy) is 1. The van der Waals surface area contributed by atoms with Crippen LogP contribution in [0.5, 0.6) is 0 Å². The Morgan fingerprint density at radius 1 is 1.59 bits per heavy atom. The summed E-state index contributed by atoms with van der Waals surface area (Å²) in [5, 5.41) is 12.0. The van der Waals surface area contributed by atoms with Crippen LogP contribution in [-0.4, -0.2) is 30.3 Å². The molecule has 0 aromatic heterocycles. The van der Waals surface area contributed by atoms with Gasteiger partial charge in [0.15, 0.2) is 0 Å². The Morgan fingerprint density at radius 2 is 2.41 bits per heavy atom. The van der Waals surface area contributed by atoms with Gasteiger partial charge in [-0.05, 0) is 31.0 Å². The fourth-order valence-electron chi connectivity index (χ4n) is 1.87. The van der Waals surface area contributed by atoms with Crippen LogP contribution in [0.25, 0.3) is 0 Å². The largest absolute Gasteiger partial charge is 0.478 e. The maximum atomic E-state index is 10.8. The molecular weight excluding hydrogens is 220 g/mol. The number of carboxylic acids is 1. The van der Waals surface area contributed by atoms with Crippen LogP contribution in [0.1, 0.15) is 23.2 Å². The SMILES string of the molecule is Nc1ccc(C(=O)O)cc1NCC1CCCO1. The van der Waals surface area contributed by atoms with Gasteiger partial charge in [0.2, 0.25) is 0 Å². The predicted octanol–water partition coefficient (Wildman–Crippen LogP) is 1.56. The van der Waals surface area contributed by atoms with Crippen molar-refractivity contribution in [1.82, 2.24) is 0 Å². The van der Waals surface area contributed by atoms with E-state index >= 15 is 0 Å². The lowest BCUT2D eigenvalue weighted by Gasteiger charge is -2.14. The lowest BCUT2D eigenvalue weighted by Crippen LogP contribution is -2.19. The van der Waals surface area contributed by atoms with Gasteiger partial charge in [-0.15, -0.1) is 0 Å². The summed E-state index contributed by atoms with van der Waals surface area (Å²) in [6, 6.07) is 4.64. The topological polar surface area (TPSA) is 84.6 Å². The Labute approximate surface area is 99.6 Å². The number of carbonyl (C=O) groups is 1. The minimum absolute atomic E-state index is 0.197. The van der Waals surface area contributed by atoms with E-state index in [-0.39, 0.29) is 11.7 Å². The molecule has 1 aromatic rings. The van der Waals surface area contributed by atoms with E-state index in [1.807, 2.05) is 0 Å². The fraction of sp³-hybridized carbons (Fsp3) is 0.417. The molecule has 1 atom stereocenters. The summed E-state index contributed by atoms with van der Waals surface area (Å²) >= 11 is 0. The second-order valence-electron chi connectivity index (χ2n) is 4.12. The number of hydrogen-bond donors (Lipinski definition) is 3. The molecule has 5 nitrogen and oxygen atoms in total. The molecule has 1 aliphatic rings. The van der Waals surface area contributed by atoms with Gasteiger partial charge < -0.3 is 20.9 Å². The number of nitrogens with one attached hydrogen (secondary N) is 1. The highest BCUT2D eigenvalue weighted by molar-refractivity contribution is 5.90. The van der Waals surface area contributed by atoms with E-state index in [2.05, 4.69) is 5.32 Å². The van der Waals surface area contributed by atoms with E-state index in [0.29, 0.717) is 17.9 Å². The molecule has 2 rings (SSSR count). The number of carboxylic acid groups (broad SMARTS) is 1. The van der Waals surface area contributed by atoms with Crippen molar-refractivity contribution in [3.05, 3.63) is 23.8 Å². The average molecular weight is 236 g/mol. The average Bonchev–Trinajstić information content (AvgIpc) is 2.80. The number of rotatable bonds is 4. The van der Waals surface area contributed by atoms with Gasteiger partial charge in [0.1, 0.15) is 0 Å². The van der Waals surface area contributed by atoms with Crippen LogP contribution in [0.4, 0.5) is 11.4 Å². The zero-order valence-corrected chi connectivity index (χ0v) is 9.48. The number of nitrogens with two attached hydrogens (primary N) is 1. The minimum atomic E-state index is -0.954. The molecule has 1 heterocycles. The normalized spacial score (nSPS) is 19.2. The molecule has 5 heteroatoms. The first-order valence-electron chi connectivity index (χ1n) is 5.65. The zero-order chi connectivity index (χ0) is 12.3. The van der Waals surface area contributed by atoms with Crippen molar-refractivity contribution < 1.29 is 14.6 Å². The van der Waals surface area contributed by atoms with E-state index in [9.17, 15) is 4.79 Å². The van der Waals surface area contributed by atoms with Crippen molar-refractivity contribution in [1.29, 1.82) is 0 Å². The van der Waals surface area contributed by atoms with Crippen molar-refractivity contribution in [2.24, 2.45) is 0 Å². The molecule has 4 N–H and O–H groups in total. The minimum Gasteiger partial charge on any atom is -0.478 e. The molecular formula is C12H16N2O3. The third kappa shape index (κ3) is 2.88. The molecule has 0 spiro atoms. The lowest BCUT2D eigenvalue weighted by atomic mass is 10.1. The monoisotopic (exact) mass is 236 g/mol. The molecule has 1 unspecified atom stereocenters. The summed E-state index contributed by atoms with van der Waals surface area (Å²) in [7, 11) is 0. The van der Waals surface area contributed by atoms with Crippen molar-refractivity contribution in [2.45, 2.75) is 18.9 Å². The van der Waals surface area contributed by atoms with Gasteiger partial charge in [-0.25, -0.2) is 4.79 Å². The molecule has 0 radical (unpaired) electrons. The van der Waals surface area contributed by atoms with Gasteiger partial charge >= 0.3 is 5.97 Å². The van der Waals surface area contributed by atoms with Gasteiger partial charge in [-0.1, -0.05) is 0 Å². The first kappa shape index (κ1) is 11.7. The molecule has 1 fully saturated rings. The molecule has 0 bridgehead atoms. The van der Waals surface area contributed by atoms with Gasteiger partial charge in [0.25, 0.3) is 0 Å². The Bertz CT molecular complexity index is 414. The second-order valence-corrected chi connectivity index (χ2v) is 4.12. The zero-order valence-electron chi connectivity index (χ0n) is 9.48. The van der Waals surface area contributed by atoms with Crippen LogP contribution >= 0.6 is 0 Å². The van der Waals surface area contributed by atoms with E-state index in [4.69, 9.17) is 15.6 Å². The van der Waals surface area contributed by atoms with Gasteiger partial charge in [0, 0.05) is 13.2 Å². The van der Waals surface area contributed by atoms with Crippen molar-refractivity contribution in [3.8, 4) is 0 Å². The Balaban J connectivity index is 2.03. The molecule has 0 saturated carbocycles. The fourth-order valence-corrected chi connectivity index (χ4v) is 1.87. The van der Waals surface area contributed by atoms with Gasteiger partial charge in [-0.2, -0.15) is 0 Å². The summed E-state index contributed by atoms with van der Waals surface area (Å²) in [6.07, 6.45) is 2.31. The number of aromatic carboxylic acids is 1. The first-order valence-corrected chi connectivity index (χ1v) is 5.65. The highest BCUT2D eigenvalue weighted by Crippen LogP contribution is 2.21. The Hall–Kier alpha value is -1.75. The molecule has 17 heavy (non-hydrogen) atoms. The molecule has 1 saturated heterocycles. The van der Waals surface area contributed by atoms with Crippen molar-refractivity contribution in [2.75, 3.05) is 24.2 Å². The third-order valence-corrected chi connectivity index (χ3v) is 2.84. The van der Waals surface area contributed by atoms with E-state index in [0.717, 1.165) is 19.4 Å². The summed E-state index contributed by atoms with van der Waals surface area (Å²) < 4.78 is 5.47. The number of nitrogen functional groups attached to an aromatic ring is 1. The Morgan fingerprint density at radius 3 is 3.06 bits per heavy atom. The number of benzene rings is 1. The molecule has 1 aromatic carbocycles. The summed E-state index contributed by atoms with van der Waals surface area (Å²) in [6.45, 7) is 1.46. The summed E-state index contributed by atoms with van der Waals surface area (Å²) in [5.74, 6) is -0.954. The highest BCUT2D eigenvalue weighted by atomic mass is 16.5. The van der Waals surface area contributed by atoms with Crippen molar-refractivity contribution >= 4 is 17.3 Å². The molecule has 92 valence electrons. The van der Waals surface area contributed by atoms with Crippen LogP contribution in [0.15, 0.2) is 18.2 Å². The van der Waals surface area contributed by atoms with Crippen LogP contribution in [0, 0.1) is 0 Å². The summed E-state index contributed by atoms with van der Waals surface area (Å²) in [4.78, 5) is 10.8. The summed E-state index contributed by atoms with van der Waals surface area (Å²) in [5.41, 5.74) is 7.21. The quantitative estimate of drug-likeness (QED) is 0.691. The Kier molecular flexibility index (Phi) is 3.49. The van der Waals surface area contributed by atoms with E-state index in [1.54, 1.807) is 12.1 Å². The van der Waals surface area contributed by atoms with E-state index in [1.165, 1.54) is 6.07 Å². The highest BCUT2D eigenvalue weighted by Gasteiger charge is 2.15. The smallest absolute Gasteiger partial charge is 0.335 e. The maximum absolute atomic E-state index is 10.8. The van der Waals surface area contributed by atoms with Gasteiger partial charge in [0.05, 0.1) is 23.0 Å². The second kappa shape index (κ2) is 5.05. The molecule has 0 amide bonds. The van der Waals surface area contributed by atoms with Crippen LogP contribution in [-0.2, 0) is 4.74 Å². The lowest BCUT2D eigenvalue weighted by molar-refractivity contribution is 0.0697. The standard InChI is InChI=1S/C12H16N2O3/c13-10-4-3-8(12(15)16)6-11(10)14-7-9-2-1-5-17-9/h3-4,6,9,14H,1-2,5,7,13H2,(H,15,16). The molecule has 0 aliphatic carbocycles. The van der Waals surface area contributed by atoms with Crippen LogP contribution in [0.3, 0.4) is 0 Å². The number of anilines is 2. The molecule has 1 aliphatic heterocycles. The van der Waals surface area contributed by atoms with Crippen LogP contribution in [0.2, 0.25) is 0 Å². The van der Waals surface area contributed by atoms with E-state index < -0.39 is 5.97 Å². The maximum Gasteiger partial charge on any atom is 0.335 e. The number of hydrogen-bond acceptors (Lipinski definition) is 4. The van der Waals surface area contributed by atoms with Crippen molar-refractivity contribution in [3.63, 3.8) is 0 Å². The predicted molar refractivity (Wildman–Crippen MR) is 65.3 cm³/mol.